The summed E-state index contributed by atoms with van der Waals surface area (Å²) in [5.74, 6) is 0.508. The van der Waals surface area contributed by atoms with Crippen LogP contribution in [0.25, 0.3) is 0 Å². The average Bonchev–Trinajstić information content (AvgIpc) is 2.96. The Kier molecular flexibility index (Phi) is 10.8. The lowest BCUT2D eigenvalue weighted by Crippen LogP contribution is -2.39. The zero-order valence-corrected chi connectivity index (χ0v) is 14.2. The van der Waals surface area contributed by atoms with Crippen LogP contribution in [0.1, 0.15) is 78.1 Å². The van der Waals surface area contributed by atoms with Gasteiger partial charge in [-0.1, -0.05) is 58.8 Å². The molecule has 0 bridgehead atoms. The Morgan fingerprint density at radius 2 is 1.62 bits per heavy atom. The lowest BCUT2D eigenvalue weighted by atomic mass is 9.94. The molecule has 124 valence electrons. The van der Waals surface area contributed by atoms with Gasteiger partial charge in [-0.05, 0) is 19.4 Å². The second-order valence-corrected chi connectivity index (χ2v) is 6.40. The summed E-state index contributed by atoms with van der Waals surface area (Å²) in [6.45, 7) is 6.71. The minimum absolute atomic E-state index is 0.0982. The van der Waals surface area contributed by atoms with Gasteiger partial charge in [0, 0.05) is 12.5 Å². The van der Waals surface area contributed by atoms with E-state index in [1.807, 2.05) is 0 Å². The van der Waals surface area contributed by atoms with E-state index in [2.05, 4.69) is 19.2 Å². The molecule has 0 spiro atoms. The van der Waals surface area contributed by atoms with Gasteiger partial charge >= 0.3 is 0 Å². The lowest BCUT2D eigenvalue weighted by Gasteiger charge is -2.17. The molecule has 3 heteroatoms. The van der Waals surface area contributed by atoms with Crippen LogP contribution in [0.5, 0.6) is 0 Å². The summed E-state index contributed by atoms with van der Waals surface area (Å²) in [6.07, 6.45) is 12.2. The minimum Gasteiger partial charge on any atom is -0.379 e. The molecule has 0 amide bonds. The van der Waals surface area contributed by atoms with Gasteiger partial charge in [0.1, 0.15) is 5.78 Å². The van der Waals surface area contributed by atoms with Gasteiger partial charge in [-0.25, -0.2) is 0 Å². The fourth-order valence-electron chi connectivity index (χ4n) is 3.02. The van der Waals surface area contributed by atoms with Gasteiger partial charge in [-0.3, -0.25) is 4.79 Å². The topological polar surface area (TPSA) is 38.3 Å². The lowest BCUT2D eigenvalue weighted by molar-refractivity contribution is -0.123. The van der Waals surface area contributed by atoms with Gasteiger partial charge < -0.3 is 10.1 Å². The predicted molar refractivity (Wildman–Crippen MR) is 88.6 cm³/mol. The molecule has 1 rings (SSSR count). The molecule has 1 N–H and O–H groups in total. The normalized spacial score (nSPS) is 21.8. The molecule has 21 heavy (non-hydrogen) atoms. The van der Waals surface area contributed by atoms with Gasteiger partial charge in [0.15, 0.2) is 0 Å². The number of hydrogen-bond acceptors (Lipinski definition) is 3. The molecule has 1 heterocycles. The second kappa shape index (κ2) is 12.2. The maximum absolute atomic E-state index is 12.3. The number of rotatable bonds is 13. The molecule has 3 nitrogen and oxygen atoms in total. The van der Waals surface area contributed by atoms with E-state index in [1.54, 1.807) is 0 Å². The predicted octanol–water partition coefficient (Wildman–Crippen LogP) is 4.10. The van der Waals surface area contributed by atoms with Gasteiger partial charge in [0.05, 0.1) is 19.1 Å². The van der Waals surface area contributed by atoms with Gasteiger partial charge in [-0.2, -0.15) is 0 Å². The highest BCUT2D eigenvalue weighted by atomic mass is 16.5. The second-order valence-electron chi connectivity index (χ2n) is 6.40. The molecule has 0 radical (unpaired) electrons. The Balaban J connectivity index is 2.04. The van der Waals surface area contributed by atoms with Crippen LogP contribution in [0.15, 0.2) is 0 Å². The number of carbonyl (C=O) groups excluding carboxylic acids is 1. The zero-order valence-electron chi connectivity index (χ0n) is 14.2. The van der Waals surface area contributed by atoms with Crippen LogP contribution >= 0.6 is 0 Å². The highest BCUT2D eigenvalue weighted by molar-refractivity contribution is 5.82. The van der Waals surface area contributed by atoms with Crippen molar-refractivity contribution in [3.8, 4) is 0 Å². The van der Waals surface area contributed by atoms with Crippen LogP contribution in [-0.2, 0) is 9.53 Å². The smallest absolute Gasteiger partial charge is 0.139 e. The van der Waals surface area contributed by atoms with Gasteiger partial charge in [0.2, 0.25) is 0 Å². The van der Waals surface area contributed by atoms with E-state index in [9.17, 15) is 4.79 Å². The fourth-order valence-corrected chi connectivity index (χ4v) is 3.02. The van der Waals surface area contributed by atoms with Crippen LogP contribution in [0, 0.1) is 5.92 Å². The Morgan fingerprint density at radius 1 is 0.952 bits per heavy atom. The monoisotopic (exact) mass is 297 g/mol. The molecule has 1 aliphatic rings. The summed E-state index contributed by atoms with van der Waals surface area (Å²) in [5, 5.41) is 3.45. The number of nitrogens with one attached hydrogen (secondary N) is 1. The summed E-state index contributed by atoms with van der Waals surface area (Å²) in [7, 11) is 0. The highest BCUT2D eigenvalue weighted by Crippen LogP contribution is 2.18. The first kappa shape index (κ1) is 18.6. The summed E-state index contributed by atoms with van der Waals surface area (Å²) in [4.78, 5) is 12.3. The molecular weight excluding hydrogens is 262 g/mol. The van der Waals surface area contributed by atoms with Crippen molar-refractivity contribution in [2.75, 3.05) is 19.8 Å². The van der Waals surface area contributed by atoms with Crippen molar-refractivity contribution in [3.63, 3.8) is 0 Å². The third-order valence-electron chi connectivity index (χ3n) is 4.43. The third kappa shape index (κ3) is 7.96. The molecule has 0 aliphatic carbocycles. The average molecular weight is 297 g/mol. The molecule has 0 aromatic heterocycles. The van der Waals surface area contributed by atoms with Crippen molar-refractivity contribution in [2.24, 2.45) is 5.92 Å². The number of unbranched alkanes of at least 4 members (excludes halogenated alkanes) is 7. The van der Waals surface area contributed by atoms with Crippen LogP contribution < -0.4 is 5.32 Å². The maximum Gasteiger partial charge on any atom is 0.139 e. The van der Waals surface area contributed by atoms with Crippen molar-refractivity contribution in [3.05, 3.63) is 0 Å². The van der Waals surface area contributed by atoms with Crippen LogP contribution in [0.4, 0.5) is 0 Å². The Bertz CT molecular complexity index is 268. The zero-order chi connectivity index (χ0) is 15.3. The Hall–Kier alpha value is -0.410. The Labute approximate surface area is 131 Å². The van der Waals surface area contributed by atoms with E-state index in [1.165, 1.54) is 44.9 Å². The highest BCUT2D eigenvalue weighted by Gasteiger charge is 2.32. The molecule has 1 aliphatic heterocycles. The largest absolute Gasteiger partial charge is 0.379 e. The first-order chi connectivity index (χ1) is 10.3. The van der Waals surface area contributed by atoms with Crippen LogP contribution in [0.3, 0.4) is 0 Å². The van der Waals surface area contributed by atoms with Crippen molar-refractivity contribution in [1.82, 2.24) is 5.32 Å². The standard InChI is InChI=1S/C18H35NO2/c1-3-5-6-7-8-9-10-11-12-18(20)16-14-21-15-17(16)19-13-4-2/h16-17,19H,3-15H2,1-2H3. The molecule has 2 atom stereocenters. The quantitative estimate of drug-likeness (QED) is 0.520. The molecule has 1 fully saturated rings. The molecular formula is C18H35NO2. The van der Waals surface area contributed by atoms with Crippen molar-refractivity contribution in [2.45, 2.75) is 84.1 Å². The van der Waals surface area contributed by atoms with E-state index in [0.29, 0.717) is 19.0 Å². The van der Waals surface area contributed by atoms with E-state index in [-0.39, 0.29) is 12.0 Å². The van der Waals surface area contributed by atoms with Gasteiger partial charge in [-0.15, -0.1) is 0 Å². The maximum atomic E-state index is 12.3. The number of ether oxygens (including phenoxy) is 1. The van der Waals surface area contributed by atoms with Crippen molar-refractivity contribution in [1.29, 1.82) is 0 Å². The summed E-state index contributed by atoms with van der Waals surface area (Å²) >= 11 is 0. The number of hydrogen-bond donors (Lipinski definition) is 1. The van der Waals surface area contributed by atoms with Crippen molar-refractivity contribution >= 4 is 5.78 Å². The first-order valence-corrected chi connectivity index (χ1v) is 9.13. The number of carbonyl (C=O) groups is 1. The van der Waals surface area contributed by atoms with Crippen molar-refractivity contribution < 1.29 is 9.53 Å². The summed E-state index contributed by atoms with van der Waals surface area (Å²) in [6, 6.07) is 0.256. The van der Waals surface area contributed by atoms with Crippen LogP contribution in [-0.4, -0.2) is 31.6 Å². The molecule has 0 aromatic carbocycles. The summed E-state index contributed by atoms with van der Waals surface area (Å²) < 4.78 is 5.49. The molecule has 1 saturated heterocycles. The van der Waals surface area contributed by atoms with E-state index < -0.39 is 0 Å². The van der Waals surface area contributed by atoms with E-state index >= 15 is 0 Å². The number of ketones is 1. The van der Waals surface area contributed by atoms with E-state index in [4.69, 9.17) is 4.74 Å². The summed E-state index contributed by atoms with van der Waals surface area (Å²) in [5.41, 5.74) is 0. The third-order valence-corrected chi connectivity index (χ3v) is 4.43. The SMILES string of the molecule is CCCCCCCCCCC(=O)C1COCC1NCCC. The fraction of sp³-hybridized carbons (Fsp3) is 0.944. The first-order valence-electron chi connectivity index (χ1n) is 9.13. The number of Topliss-reactive ketones (excluding diaryl/α,β-unsaturated/α-hetero) is 1. The van der Waals surface area contributed by atoms with Gasteiger partial charge in [0.25, 0.3) is 0 Å². The minimum atomic E-state index is 0.0982. The van der Waals surface area contributed by atoms with E-state index in [0.717, 1.165) is 25.8 Å². The Morgan fingerprint density at radius 3 is 2.29 bits per heavy atom. The molecule has 0 aromatic rings. The molecule has 2 unspecified atom stereocenters. The molecule has 0 saturated carbocycles. The van der Waals surface area contributed by atoms with Crippen LogP contribution in [0.2, 0.25) is 0 Å².